The van der Waals surface area contributed by atoms with Gasteiger partial charge in [-0.2, -0.15) is 0 Å². The number of aliphatic hydroxyl groups is 1. The normalized spacial score (nSPS) is 13.3. The van der Waals surface area contributed by atoms with Crippen LogP contribution in [0.3, 0.4) is 0 Å². The van der Waals surface area contributed by atoms with Crippen molar-refractivity contribution < 1.29 is 5.11 Å². The molecule has 0 fully saturated rings. The zero-order valence-electron chi connectivity index (χ0n) is 8.99. The molecule has 0 aromatic heterocycles. The SMILES string of the molecule is CCCC/C=C/[C@@H](O)c1ccccc1Br. The van der Waals surface area contributed by atoms with Crippen LogP contribution in [0, 0.1) is 0 Å². The van der Waals surface area contributed by atoms with E-state index in [0.717, 1.165) is 16.5 Å². The van der Waals surface area contributed by atoms with Crippen molar-refractivity contribution in [2.75, 3.05) is 0 Å². The third-order valence-corrected chi connectivity index (χ3v) is 2.99. The van der Waals surface area contributed by atoms with Crippen LogP contribution in [0.25, 0.3) is 0 Å². The zero-order chi connectivity index (χ0) is 11.1. The van der Waals surface area contributed by atoms with Gasteiger partial charge in [0.05, 0.1) is 6.10 Å². The van der Waals surface area contributed by atoms with E-state index >= 15 is 0 Å². The summed E-state index contributed by atoms with van der Waals surface area (Å²) in [5.74, 6) is 0. The second-order valence-electron chi connectivity index (χ2n) is 3.54. The number of hydrogen-bond donors (Lipinski definition) is 1. The van der Waals surface area contributed by atoms with Crippen LogP contribution < -0.4 is 0 Å². The Morgan fingerprint density at radius 3 is 2.80 bits per heavy atom. The molecule has 0 heterocycles. The Balaban J connectivity index is 2.57. The molecule has 0 saturated heterocycles. The molecule has 0 aliphatic carbocycles. The van der Waals surface area contributed by atoms with Crippen LogP contribution in [0.15, 0.2) is 40.9 Å². The molecule has 1 N–H and O–H groups in total. The van der Waals surface area contributed by atoms with E-state index in [1.165, 1.54) is 12.8 Å². The lowest BCUT2D eigenvalue weighted by Crippen LogP contribution is -1.93. The van der Waals surface area contributed by atoms with Gasteiger partial charge in [0.2, 0.25) is 0 Å². The van der Waals surface area contributed by atoms with Crippen LogP contribution >= 0.6 is 15.9 Å². The third kappa shape index (κ3) is 4.18. The van der Waals surface area contributed by atoms with Gasteiger partial charge in [0.25, 0.3) is 0 Å². The first-order valence-electron chi connectivity index (χ1n) is 5.35. The van der Waals surface area contributed by atoms with E-state index in [2.05, 4.69) is 22.9 Å². The summed E-state index contributed by atoms with van der Waals surface area (Å²) >= 11 is 3.43. The molecule has 82 valence electrons. The van der Waals surface area contributed by atoms with Crippen LogP contribution in [0.1, 0.15) is 37.9 Å². The summed E-state index contributed by atoms with van der Waals surface area (Å²) in [6.45, 7) is 2.16. The highest BCUT2D eigenvalue weighted by Gasteiger charge is 2.05. The minimum atomic E-state index is -0.502. The Labute approximate surface area is 100.0 Å². The predicted octanol–water partition coefficient (Wildman–Crippen LogP) is 4.23. The first-order valence-corrected chi connectivity index (χ1v) is 6.14. The molecule has 1 rings (SSSR count). The molecule has 1 aromatic rings. The van der Waals surface area contributed by atoms with Crippen LogP contribution in [0.4, 0.5) is 0 Å². The molecule has 1 aromatic carbocycles. The maximum atomic E-state index is 9.88. The molecule has 0 aliphatic heterocycles. The van der Waals surface area contributed by atoms with Gasteiger partial charge < -0.3 is 5.11 Å². The van der Waals surface area contributed by atoms with E-state index in [4.69, 9.17) is 0 Å². The summed E-state index contributed by atoms with van der Waals surface area (Å²) in [6, 6.07) is 7.75. The van der Waals surface area contributed by atoms with Gasteiger partial charge in [0.1, 0.15) is 0 Å². The van der Waals surface area contributed by atoms with Crippen molar-refractivity contribution in [2.45, 2.75) is 32.3 Å². The van der Waals surface area contributed by atoms with Crippen molar-refractivity contribution in [3.63, 3.8) is 0 Å². The molecule has 0 radical (unpaired) electrons. The van der Waals surface area contributed by atoms with Crippen LogP contribution in [-0.4, -0.2) is 5.11 Å². The Bertz CT molecular complexity index is 320. The molecule has 1 atom stereocenters. The van der Waals surface area contributed by atoms with Gasteiger partial charge in [-0.1, -0.05) is 66.0 Å². The molecule has 1 nitrogen and oxygen atoms in total. The lowest BCUT2D eigenvalue weighted by molar-refractivity contribution is 0.227. The first kappa shape index (κ1) is 12.5. The lowest BCUT2D eigenvalue weighted by atomic mass is 10.1. The summed E-state index contributed by atoms with van der Waals surface area (Å²) in [7, 11) is 0. The highest BCUT2D eigenvalue weighted by molar-refractivity contribution is 9.10. The van der Waals surface area contributed by atoms with Crippen molar-refractivity contribution in [1.29, 1.82) is 0 Å². The van der Waals surface area contributed by atoms with Gasteiger partial charge in [-0.25, -0.2) is 0 Å². The quantitative estimate of drug-likeness (QED) is 0.626. The number of benzene rings is 1. The Morgan fingerprint density at radius 2 is 2.13 bits per heavy atom. The summed E-state index contributed by atoms with van der Waals surface area (Å²) in [6.07, 6.45) is 6.81. The highest BCUT2D eigenvalue weighted by Crippen LogP contribution is 2.23. The van der Waals surface area contributed by atoms with Crippen LogP contribution in [0.5, 0.6) is 0 Å². The van der Waals surface area contributed by atoms with Gasteiger partial charge in [0.15, 0.2) is 0 Å². The molecular weight excluding hydrogens is 252 g/mol. The molecule has 0 amide bonds. The maximum absolute atomic E-state index is 9.88. The van der Waals surface area contributed by atoms with E-state index < -0.39 is 6.10 Å². The maximum Gasteiger partial charge on any atom is 0.0982 e. The molecule has 0 saturated carbocycles. The molecule has 0 aliphatic rings. The van der Waals surface area contributed by atoms with E-state index in [-0.39, 0.29) is 0 Å². The predicted molar refractivity (Wildman–Crippen MR) is 67.8 cm³/mol. The van der Waals surface area contributed by atoms with E-state index in [1.807, 2.05) is 36.4 Å². The number of aliphatic hydroxyl groups excluding tert-OH is 1. The number of unbranched alkanes of at least 4 members (excludes halogenated alkanes) is 2. The fourth-order valence-corrected chi connectivity index (χ4v) is 1.89. The van der Waals surface area contributed by atoms with Crippen molar-refractivity contribution in [3.05, 3.63) is 46.5 Å². The first-order chi connectivity index (χ1) is 7.25. The Kier molecular flexibility index (Phi) is 5.66. The Morgan fingerprint density at radius 1 is 1.40 bits per heavy atom. The molecule has 0 bridgehead atoms. The van der Waals surface area contributed by atoms with Gasteiger partial charge >= 0.3 is 0 Å². The van der Waals surface area contributed by atoms with Gasteiger partial charge in [-0.15, -0.1) is 0 Å². The van der Waals surface area contributed by atoms with E-state index in [9.17, 15) is 5.11 Å². The largest absolute Gasteiger partial charge is 0.384 e. The second-order valence-corrected chi connectivity index (χ2v) is 4.39. The second kappa shape index (κ2) is 6.81. The summed E-state index contributed by atoms with van der Waals surface area (Å²) < 4.78 is 0.956. The average molecular weight is 269 g/mol. The Hall–Kier alpha value is -0.600. The van der Waals surface area contributed by atoms with E-state index in [1.54, 1.807) is 0 Å². The van der Waals surface area contributed by atoms with Crippen molar-refractivity contribution in [1.82, 2.24) is 0 Å². The van der Waals surface area contributed by atoms with Crippen molar-refractivity contribution in [3.8, 4) is 0 Å². The highest BCUT2D eigenvalue weighted by atomic mass is 79.9. The van der Waals surface area contributed by atoms with Gasteiger partial charge in [-0.3, -0.25) is 0 Å². The molecule has 15 heavy (non-hydrogen) atoms. The average Bonchev–Trinajstić information content (AvgIpc) is 2.25. The van der Waals surface area contributed by atoms with Crippen LogP contribution in [0.2, 0.25) is 0 Å². The minimum absolute atomic E-state index is 0.502. The van der Waals surface area contributed by atoms with Crippen molar-refractivity contribution >= 4 is 15.9 Å². The number of rotatable bonds is 5. The van der Waals surface area contributed by atoms with Crippen molar-refractivity contribution in [2.24, 2.45) is 0 Å². The molecule has 2 heteroatoms. The molecule has 0 unspecified atom stereocenters. The summed E-state index contributed by atoms with van der Waals surface area (Å²) in [5.41, 5.74) is 0.922. The third-order valence-electron chi connectivity index (χ3n) is 2.27. The molecule has 0 spiro atoms. The van der Waals surface area contributed by atoms with E-state index in [0.29, 0.717) is 0 Å². The fraction of sp³-hybridized carbons (Fsp3) is 0.385. The smallest absolute Gasteiger partial charge is 0.0982 e. The zero-order valence-corrected chi connectivity index (χ0v) is 10.6. The lowest BCUT2D eigenvalue weighted by Gasteiger charge is -2.07. The monoisotopic (exact) mass is 268 g/mol. The number of hydrogen-bond acceptors (Lipinski definition) is 1. The standard InChI is InChI=1S/C13H17BrO/c1-2-3-4-5-10-13(15)11-8-6-7-9-12(11)14/h5-10,13,15H,2-4H2,1H3/b10-5+/t13-/m1/s1. The minimum Gasteiger partial charge on any atom is -0.384 e. The summed E-state index contributed by atoms with van der Waals surface area (Å²) in [4.78, 5) is 0. The van der Waals surface area contributed by atoms with Gasteiger partial charge in [0, 0.05) is 4.47 Å². The topological polar surface area (TPSA) is 20.2 Å². The number of halogens is 1. The summed E-state index contributed by atoms with van der Waals surface area (Å²) in [5, 5.41) is 9.88. The molecular formula is C13H17BrO. The fourth-order valence-electron chi connectivity index (χ4n) is 1.37. The number of allylic oxidation sites excluding steroid dienone is 1. The van der Waals surface area contributed by atoms with Gasteiger partial charge in [-0.05, 0) is 18.1 Å². The van der Waals surface area contributed by atoms with Crippen LogP contribution in [-0.2, 0) is 0 Å².